The molecule has 11 heteroatoms. The highest BCUT2D eigenvalue weighted by Gasteiger charge is 2.37. The van der Waals surface area contributed by atoms with Crippen molar-refractivity contribution in [1.29, 1.82) is 0 Å². The molecule has 0 saturated carbocycles. The molecule has 1 atom stereocenters. The van der Waals surface area contributed by atoms with Crippen molar-refractivity contribution in [3.63, 3.8) is 0 Å². The second kappa shape index (κ2) is 8.95. The Bertz CT molecular complexity index is 1160. The molecule has 1 saturated heterocycles. The SMILES string of the molecule is COc1ccc(N2C(=O)CCS2(=O)=O)cc1S(=O)(=O)NC[C@@H](c1ccccc1)N(C)C. The van der Waals surface area contributed by atoms with E-state index in [1.165, 1.54) is 19.2 Å². The van der Waals surface area contributed by atoms with E-state index in [0.29, 0.717) is 4.31 Å². The highest BCUT2D eigenvalue weighted by Crippen LogP contribution is 2.32. The van der Waals surface area contributed by atoms with Crippen molar-refractivity contribution in [3.05, 3.63) is 54.1 Å². The number of amides is 1. The maximum atomic E-state index is 13.1. The van der Waals surface area contributed by atoms with Crippen LogP contribution in [0.1, 0.15) is 18.0 Å². The normalized spacial score (nSPS) is 17.2. The number of sulfonamides is 2. The van der Waals surface area contributed by atoms with Gasteiger partial charge in [0, 0.05) is 19.0 Å². The summed E-state index contributed by atoms with van der Waals surface area (Å²) in [5, 5.41) is 0. The van der Waals surface area contributed by atoms with Crippen molar-refractivity contribution in [2.24, 2.45) is 0 Å². The Morgan fingerprint density at radius 2 is 1.84 bits per heavy atom. The van der Waals surface area contributed by atoms with Crippen LogP contribution in [-0.4, -0.2) is 61.1 Å². The van der Waals surface area contributed by atoms with Crippen molar-refractivity contribution in [1.82, 2.24) is 9.62 Å². The monoisotopic (exact) mass is 467 g/mol. The summed E-state index contributed by atoms with van der Waals surface area (Å²) in [7, 11) is -2.90. The van der Waals surface area contributed by atoms with Gasteiger partial charge >= 0.3 is 0 Å². The van der Waals surface area contributed by atoms with Gasteiger partial charge < -0.3 is 9.64 Å². The van der Waals surface area contributed by atoms with Crippen molar-refractivity contribution in [2.75, 3.05) is 37.8 Å². The zero-order chi connectivity index (χ0) is 22.8. The van der Waals surface area contributed by atoms with E-state index < -0.39 is 26.0 Å². The second-order valence-electron chi connectivity index (χ2n) is 7.30. The number of likely N-dealkylation sites (N-methyl/N-ethyl adjacent to an activating group) is 1. The number of hydrogen-bond acceptors (Lipinski definition) is 7. The number of nitrogens with one attached hydrogen (secondary N) is 1. The Hall–Kier alpha value is -2.47. The molecule has 3 rings (SSSR count). The third kappa shape index (κ3) is 4.90. The largest absolute Gasteiger partial charge is 0.495 e. The number of anilines is 1. The molecule has 0 aromatic heterocycles. The van der Waals surface area contributed by atoms with Crippen molar-refractivity contribution < 1.29 is 26.4 Å². The lowest BCUT2D eigenvalue weighted by Gasteiger charge is -2.25. The Kier molecular flexibility index (Phi) is 6.70. The van der Waals surface area contributed by atoms with Gasteiger partial charge in [0.1, 0.15) is 10.6 Å². The molecule has 9 nitrogen and oxygen atoms in total. The van der Waals surface area contributed by atoms with E-state index in [-0.39, 0.29) is 41.1 Å². The summed E-state index contributed by atoms with van der Waals surface area (Å²) in [6, 6.07) is 13.1. The number of rotatable bonds is 8. The van der Waals surface area contributed by atoms with Gasteiger partial charge in [-0.3, -0.25) is 4.79 Å². The highest BCUT2D eigenvalue weighted by atomic mass is 32.2. The third-order valence-electron chi connectivity index (χ3n) is 5.02. The summed E-state index contributed by atoms with van der Waals surface area (Å²) in [5.74, 6) is -0.862. The minimum Gasteiger partial charge on any atom is -0.495 e. The molecule has 2 aromatic carbocycles. The number of hydrogen-bond donors (Lipinski definition) is 1. The summed E-state index contributed by atoms with van der Waals surface area (Å²) < 4.78 is 59.1. The number of benzene rings is 2. The smallest absolute Gasteiger partial charge is 0.244 e. The molecule has 1 aliphatic rings. The van der Waals surface area contributed by atoms with Crippen LogP contribution in [0.3, 0.4) is 0 Å². The molecule has 1 aliphatic heterocycles. The van der Waals surface area contributed by atoms with Gasteiger partial charge in [-0.25, -0.2) is 25.9 Å². The van der Waals surface area contributed by atoms with Crippen LogP contribution in [0, 0.1) is 0 Å². The van der Waals surface area contributed by atoms with Gasteiger partial charge in [-0.15, -0.1) is 0 Å². The maximum Gasteiger partial charge on any atom is 0.244 e. The second-order valence-corrected chi connectivity index (χ2v) is 11.0. The lowest BCUT2D eigenvalue weighted by atomic mass is 10.1. The van der Waals surface area contributed by atoms with Crippen LogP contribution in [0.25, 0.3) is 0 Å². The Morgan fingerprint density at radius 1 is 1.16 bits per heavy atom. The minimum absolute atomic E-state index is 0.0316. The predicted molar refractivity (Wildman–Crippen MR) is 117 cm³/mol. The maximum absolute atomic E-state index is 13.1. The predicted octanol–water partition coefficient (Wildman–Crippen LogP) is 1.34. The topological polar surface area (TPSA) is 113 Å². The zero-order valence-electron chi connectivity index (χ0n) is 17.5. The number of ether oxygens (including phenoxy) is 1. The molecule has 0 unspecified atom stereocenters. The first-order chi connectivity index (χ1) is 14.6. The van der Waals surface area contributed by atoms with E-state index in [2.05, 4.69) is 4.72 Å². The van der Waals surface area contributed by atoms with Gasteiger partial charge in [0.2, 0.25) is 26.0 Å². The average molecular weight is 468 g/mol. The highest BCUT2D eigenvalue weighted by molar-refractivity contribution is 7.94. The fraction of sp³-hybridized carbons (Fsp3) is 0.350. The molecule has 0 radical (unpaired) electrons. The Balaban J connectivity index is 1.94. The number of carbonyl (C=O) groups excluding carboxylic acids is 1. The van der Waals surface area contributed by atoms with Crippen LogP contribution in [0.5, 0.6) is 5.75 Å². The van der Waals surface area contributed by atoms with Gasteiger partial charge in [-0.05, 0) is 37.9 Å². The summed E-state index contributed by atoms with van der Waals surface area (Å²) in [4.78, 5) is 13.7. The van der Waals surface area contributed by atoms with Crippen LogP contribution in [0.2, 0.25) is 0 Å². The first-order valence-corrected chi connectivity index (χ1v) is 12.6. The molecule has 2 aromatic rings. The summed E-state index contributed by atoms with van der Waals surface area (Å²) >= 11 is 0. The molecule has 0 bridgehead atoms. The van der Waals surface area contributed by atoms with E-state index in [1.54, 1.807) is 0 Å². The van der Waals surface area contributed by atoms with Gasteiger partial charge in [0.15, 0.2) is 0 Å². The Labute approximate surface area is 182 Å². The number of methoxy groups -OCH3 is 1. The number of carbonyl (C=O) groups is 1. The quantitative estimate of drug-likeness (QED) is 0.623. The molecule has 168 valence electrons. The van der Waals surface area contributed by atoms with E-state index in [1.807, 2.05) is 49.3 Å². The van der Waals surface area contributed by atoms with Gasteiger partial charge in [-0.1, -0.05) is 30.3 Å². The molecule has 1 heterocycles. The van der Waals surface area contributed by atoms with E-state index in [0.717, 1.165) is 11.6 Å². The number of nitrogens with zero attached hydrogens (tertiary/aromatic N) is 2. The molecule has 1 fully saturated rings. The summed E-state index contributed by atoms with van der Waals surface area (Å²) in [5.41, 5.74) is 0.903. The minimum atomic E-state index is -4.08. The first kappa shape index (κ1) is 23.2. The first-order valence-electron chi connectivity index (χ1n) is 9.52. The van der Waals surface area contributed by atoms with Crippen LogP contribution in [0.4, 0.5) is 5.69 Å². The molecule has 0 aliphatic carbocycles. The van der Waals surface area contributed by atoms with E-state index >= 15 is 0 Å². The molecule has 1 amide bonds. The van der Waals surface area contributed by atoms with Crippen LogP contribution in [-0.2, 0) is 24.8 Å². The standard InChI is InChI=1S/C20H25N3O6S2/c1-22(2)17(15-7-5-4-6-8-15)14-21-31(27,28)19-13-16(9-10-18(19)29-3)23-20(24)11-12-30(23,25)26/h4-10,13,17,21H,11-12,14H2,1-3H3/t17-/m0/s1. The lowest BCUT2D eigenvalue weighted by molar-refractivity contribution is -0.116. The van der Waals surface area contributed by atoms with Crippen molar-refractivity contribution >= 4 is 31.6 Å². The molecule has 31 heavy (non-hydrogen) atoms. The van der Waals surface area contributed by atoms with E-state index in [4.69, 9.17) is 4.74 Å². The van der Waals surface area contributed by atoms with Crippen molar-refractivity contribution in [3.8, 4) is 5.75 Å². The Morgan fingerprint density at radius 3 is 2.39 bits per heavy atom. The van der Waals surface area contributed by atoms with Crippen LogP contribution >= 0.6 is 0 Å². The van der Waals surface area contributed by atoms with Gasteiger partial charge in [-0.2, -0.15) is 0 Å². The van der Waals surface area contributed by atoms with Crippen LogP contribution < -0.4 is 13.8 Å². The van der Waals surface area contributed by atoms with Crippen molar-refractivity contribution in [2.45, 2.75) is 17.4 Å². The molecular weight excluding hydrogens is 442 g/mol. The third-order valence-corrected chi connectivity index (χ3v) is 8.16. The summed E-state index contributed by atoms with van der Waals surface area (Å²) in [6.45, 7) is 0.0771. The van der Waals surface area contributed by atoms with Crippen LogP contribution in [0.15, 0.2) is 53.4 Å². The fourth-order valence-electron chi connectivity index (χ4n) is 3.41. The van der Waals surface area contributed by atoms with E-state index in [9.17, 15) is 21.6 Å². The lowest BCUT2D eigenvalue weighted by Crippen LogP contribution is -2.35. The summed E-state index contributed by atoms with van der Waals surface area (Å²) in [6.07, 6.45) is -0.143. The fourth-order valence-corrected chi connectivity index (χ4v) is 6.09. The molecule has 0 spiro atoms. The van der Waals surface area contributed by atoms with Gasteiger partial charge in [0.05, 0.1) is 18.6 Å². The zero-order valence-corrected chi connectivity index (χ0v) is 19.1. The van der Waals surface area contributed by atoms with Gasteiger partial charge in [0.25, 0.3) is 0 Å². The molecule has 1 N–H and O–H groups in total. The molecular formula is C20H25N3O6S2. The average Bonchev–Trinajstić information content (AvgIpc) is 3.00.